The summed E-state index contributed by atoms with van der Waals surface area (Å²) in [5.74, 6) is -0.573. The highest BCUT2D eigenvalue weighted by molar-refractivity contribution is 8.26. The molecule has 0 bridgehead atoms. The number of hydrogen-bond acceptors (Lipinski definition) is 6. The van der Waals surface area contributed by atoms with Gasteiger partial charge in [0.2, 0.25) is 0 Å². The topological polar surface area (TPSA) is 76.1 Å². The number of carboxylic acid groups (broad SMARTS) is 1. The van der Waals surface area contributed by atoms with Crippen molar-refractivity contribution in [3.05, 3.63) is 134 Å². The standard InChI is InChI=1S/C34H28ClNO5S2/c1-21-3-7-23(8-4-21)19-40-28-16-13-26(29(18-28)41-20-24-9-5-22(2)6-10-24)17-30-32(37)36(34(42)43-30)31(33(38)39)25-11-14-27(35)15-12-25/h3-18,31H,19-20H2,1-2H3,(H,38,39)/b30-17-. The Morgan fingerprint density at radius 1 is 0.907 bits per heavy atom. The summed E-state index contributed by atoms with van der Waals surface area (Å²) in [6.07, 6.45) is 1.67. The number of nitrogens with zero attached hydrogens (tertiary/aromatic N) is 1. The number of carbonyl (C=O) groups is 2. The van der Waals surface area contributed by atoms with Crippen molar-refractivity contribution in [2.75, 3.05) is 0 Å². The molecule has 1 heterocycles. The number of hydrogen-bond donors (Lipinski definition) is 1. The summed E-state index contributed by atoms with van der Waals surface area (Å²) in [6.45, 7) is 4.75. The zero-order valence-corrected chi connectivity index (χ0v) is 25.8. The average Bonchev–Trinajstić information content (AvgIpc) is 3.26. The second kappa shape index (κ2) is 13.5. The first-order valence-electron chi connectivity index (χ1n) is 13.4. The molecule has 1 fully saturated rings. The van der Waals surface area contributed by atoms with E-state index in [0.717, 1.165) is 33.4 Å². The third-order valence-corrected chi connectivity index (χ3v) is 8.40. The summed E-state index contributed by atoms with van der Waals surface area (Å²) in [6, 6.07) is 26.6. The van der Waals surface area contributed by atoms with Gasteiger partial charge in [-0.1, -0.05) is 107 Å². The highest BCUT2D eigenvalue weighted by Crippen LogP contribution is 2.40. The largest absolute Gasteiger partial charge is 0.489 e. The Labute approximate surface area is 264 Å². The van der Waals surface area contributed by atoms with Crippen molar-refractivity contribution in [2.45, 2.75) is 33.1 Å². The molecule has 218 valence electrons. The molecule has 1 atom stereocenters. The Bertz CT molecular complexity index is 1690. The lowest BCUT2D eigenvalue weighted by atomic mass is 10.1. The van der Waals surface area contributed by atoms with E-state index in [1.54, 1.807) is 36.4 Å². The number of rotatable bonds is 10. The predicted molar refractivity (Wildman–Crippen MR) is 174 cm³/mol. The van der Waals surface area contributed by atoms with Gasteiger partial charge in [0.05, 0.1) is 4.91 Å². The zero-order valence-electron chi connectivity index (χ0n) is 23.5. The van der Waals surface area contributed by atoms with Gasteiger partial charge < -0.3 is 14.6 Å². The quantitative estimate of drug-likeness (QED) is 0.140. The van der Waals surface area contributed by atoms with Crippen molar-refractivity contribution in [2.24, 2.45) is 0 Å². The van der Waals surface area contributed by atoms with Crippen LogP contribution in [0, 0.1) is 13.8 Å². The van der Waals surface area contributed by atoms with Gasteiger partial charge in [0.1, 0.15) is 29.0 Å². The van der Waals surface area contributed by atoms with Crippen LogP contribution in [0.2, 0.25) is 5.02 Å². The molecule has 0 radical (unpaired) electrons. The van der Waals surface area contributed by atoms with E-state index in [2.05, 4.69) is 0 Å². The second-order valence-corrected chi connectivity index (χ2v) is 12.2. The highest BCUT2D eigenvalue weighted by atomic mass is 35.5. The van der Waals surface area contributed by atoms with E-state index in [-0.39, 0.29) is 4.32 Å². The van der Waals surface area contributed by atoms with Gasteiger partial charge in [-0.2, -0.15) is 0 Å². The molecule has 0 aliphatic carbocycles. The number of thioether (sulfide) groups is 1. The molecule has 5 rings (SSSR count). The maximum absolute atomic E-state index is 13.6. The van der Waals surface area contributed by atoms with Gasteiger partial charge in [-0.05, 0) is 60.9 Å². The summed E-state index contributed by atoms with van der Waals surface area (Å²) in [7, 11) is 0. The van der Waals surface area contributed by atoms with E-state index >= 15 is 0 Å². The van der Waals surface area contributed by atoms with Crippen LogP contribution in [0.15, 0.2) is 95.9 Å². The number of aliphatic carboxylic acids is 1. The zero-order chi connectivity index (χ0) is 30.5. The Morgan fingerprint density at radius 3 is 2.07 bits per heavy atom. The molecule has 1 saturated heterocycles. The van der Waals surface area contributed by atoms with Gasteiger partial charge in [0.15, 0.2) is 6.04 Å². The van der Waals surface area contributed by atoms with Crippen LogP contribution in [-0.2, 0) is 22.8 Å². The third kappa shape index (κ3) is 7.46. The minimum absolute atomic E-state index is 0.152. The molecule has 1 N–H and O–H groups in total. The van der Waals surface area contributed by atoms with Crippen LogP contribution in [0.5, 0.6) is 11.5 Å². The molecule has 43 heavy (non-hydrogen) atoms. The summed E-state index contributed by atoms with van der Waals surface area (Å²) < 4.78 is 12.4. The molecule has 0 saturated carbocycles. The molecular formula is C34H28ClNO5S2. The molecular weight excluding hydrogens is 602 g/mol. The minimum atomic E-state index is -1.29. The van der Waals surface area contributed by atoms with E-state index in [1.165, 1.54) is 5.56 Å². The fraction of sp³-hybridized carbons (Fsp3) is 0.147. The molecule has 0 spiro atoms. The monoisotopic (exact) mass is 629 g/mol. The molecule has 1 aliphatic heterocycles. The average molecular weight is 630 g/mol. The Hall–Kier alpha value is -4.11. The molecule has 4 aromatic carbocycles. The van der Waals surface area contributed by atoms with E-state index < -0.39 is 17.9 Å². The Balaban J connectivity index is 1.43. The van der Waals surface area contributed by atoms with Crippen molar-refractivity contribution >= 4 is 57.9 Å². The van der Waals surface area contributed by atoms with Gasteiger partial charge in [-0.15, -0.1) is 0 Å². The molecule has 6 nitrogen and oxygen atoms in total. The van der Waals surface area contributed by atoms with E-state index in [4.69, 9.17) is 33.3 Å². The van der Waals surface area contributed by atoms with Crippen molar-refractivity contribution in [3.63, 3.8) is 0 Å². The normalized spacial score (nSPS) is 14.7. The van der Waals surface area contributed by atoms with E-state index in [1.807, 2.05) is 74.5 Å². The molecule has 4 aromatic rings. The second-order valence-electron chi connectivity index (χ2n) is 10.1. The van der Waals surface area contributed by atoms with Crippen molar-refractivity contribution < 1.29 is 24.2 Å². The number of carbonyl (C=O) groups excluding carboxylic acids is 1. The summed E-state index contributed by atoms with van der Waals surface area (Å²) in [5.41, 5.74) is 5.37. The maximum Gasteiger partial charge on any atom is 0.331 e. The van der Waals surface area contributed by atoms with Gasteiger partial charge >= 0.3 is 5.97 Å². The van der Waals surface area contributed by atoms with Crippen LogP contribution in [0.1, 0.15) is 39.4 Å². The lowest BCUT2D eigenvalue weighted by molar-refractivity contribution is -0.145. The summed E-state index contributed by atoms with van der Waals surface area (Å²) in [4.78, 5) is 27.3. The van der Waals surface area contributed by atoms with Crippen molar-refractivity contribution in [1.29, 1.82) is 0 Å². The molecule has 9 heteroatoms. The molecule has 1 aliphatic rings. The number of carboxylic acids is 1. The minimum Gasteiger partial charge on any atom is -0.489 e. The number of thiocarbonyl (C=S) groups is 1. The first kappa shape index (κ1) is 30.4. The predicted octanol–water partition coefficient (Wildman–Crippen LogP) is 8.14. The number of amides is 1. The van der Waals surface area contributed by atoms with Gasteiger partial charge in [0, 0.05) is 16.7 Å². The number of benzene rings is 4. The lowest BCUT2D eigenvalue weighted by Crippen LogP contribution is -2.37. The number of halogens is 1. The van der Waals surface area contributed by atoms with E-state index in [9.17, 15) is 14.7 Å². The fourth-order valence-corrected chi connectivity index (χ4v) is 5.87. The Morgan fingerprint density at radius 2 is 1.49 bits per heavy atom. The number of aryl methyl sites for hydroxylation is 2. The third-order valence-electron chi connectivity index (χ3n) is 6.81. The molecule has 1 unspecified atom stereocenters. The summed E-state index contributed by atoms with van der Waals surface area (Å²) in [5, 5.41) is 10.5. The van der Waals surface area contributed by atoms with Crippen LogP contribution in [0.3, 0.4) is 0 Å². The van der Waals surface area contributed by atoms with Gasteiger partial charge in [-0.3, -0.25) is 9.69 Å². The van der Waals surface area contributed by atoms with Crippen molar-refractivity contribution in [1.82, 2.24) is 4.90 Å². The van der Waals surface area contributed by atoms with Gasteiger partial charge in [0.25, 0.3) is 5.91 Å². The smallest absolute Gasteiger partial charge is 0.331 e. The van der Waals surface area contributed by atoms with Crippen LogP contribution in [-0.4, -0.2) is 26.2 Å². The maximum atomic E-state index is 13.6. The van der Waals surface area contributed by atoms with Gasteiger partial charge in [-0.25, -0.2) is 4.79 Å². The first-order chi connectivity index (χ1) is 20.7. The number of ether oxygens (including phenoxy) is 2. The SMILES string of the molecule is Cc1ccc(COc2ccc(/C=C3\SC(=S)N(C(C(=O)O)c4ccc(Cl)cc4)C3=O)c(OCc3ccc(C)cc3)c2)cc1. The van der Waals surface area contributed by atoms with Crippen molar-refractivity contribution in [3.8, 4) is 11.5 Å². The van der Waals surface area contributed by atoms with Crippen LogP contribution in [0.4, 0.5) is 0 Å². The Kier molecular flexibility index (Phi) is 9.50. The summed E-state index contributed by atoms with van der Waals surface area (Å²) >= 11 is 12.5. The fourth-order valence-electron chi connectivity index (χ4n) is 4.44. The van der Waals surface area contributed by atoms with Crippen LogP contribution >= 0.6 is 35.6 Å². The highest BCUT2D eigenvalue weighted by Gasteiger charge is 2.41. The molecule has 0 aromatic heterocycles. The first-order valence-corrected chi connectivity index (χ1v) is 15.0. The van der Waals surface area contributed by atoms with Crippen LogP contribution in [0.25, 0.3) is 6.08 Å². The molecule has 1 amide bonds. The van der Waals surface area contributed by atoms with E-state index in [0.29, 0.717) is 45.8 Å². The van der Waals surface area contributed by atoms with Crippen LogP contribution < -0.4 is 9.47 Å². The lowest BCUT2D eigenvalue weighted by Gasteiger charge is -2.23.